The van der Waals surface area contributed by atoms with E-state index in [0.29, 0.717) is 13.1 Å². The lowest BCUT2D eigenvalue weighted by atomic mass is 10.2. The molecule has 0 aromatic heterocycles. The van der Waals surface area contributed by atoms with Gasteiger partial charge < -0.3 is 10.1 Å². The molecule has 0 radical (unpaired) electrons. The third kappa shape index (κ3) is 6.63. The number of carbonyl (C=O) groups excluding carboxylic acids is 1. The van der Waals surface area contributed by atoms with E-state index in [4.69, 9.17) is 4.74 Å². The van der Waals surface area contributed by atoms with Crippen LogP contribution in [0.1, 0.15) is 40.2 Å². The van der Waals surface area contributed by atoms with Gasteiger partial charge in [-0.2, -0.15) is 0 Å². The summed E-state index contributed by atoms with van der Waals surface area (Å²) in [6.07, 6.45) is 0.144. The molecular weight excluding hydrogens is 264 g/mol. The van der Waals surface area contributed by atoms with Crippen LogP contribution in [0.25, 0.3) is 0 Å². The number of carbonyl (C=O) groups is 1. The van der Waals surface area contributed by atoms with E-state index in [1.807, 2.05) is 45.9 Å². The second kappa shape index (κ2) is 8.67. The number of hydrogen-bond acceptors (Lipinski definition) is 3. The van der Waals surface area contributed by atoms with E-state index in [-0.39, 0.29) is 18.1 Å². The van der Waals surface area contributed by atoms with Crippen LogP contribution >= 0.6 is 0 Å². The molecule has 1 aromatic carbocycles. The van der Waals surface area contributed by atoms with Crippen molar-refractivity contribution in [3.63, 3.8) is 0 Å². The number of likely N-dealkylation sites (N-methyl/N-ethyl adjacent to an activating group) is 1. The molecular formula is C17H28N2O2. The average molecular weight is 292 g/mol. The van der Waals surface area contributed by atoms with E-state index >= 15 is 0 Å². The SMILES string of the molecule is CCN(CC(=O)NC(C)C)Cc1ccccc1OC(C)C. The van der Waals surface area contributed by atoms with Gasteiger partial charge in [-0.05, 0) is 40.3 Å². The smallest absolute Gasteiger partial charge is 0.234 e. The normalized spacial score (nSPS) is 11.2. The van der Waals surface area contributed by atoms with Crippen molar-refractivity contribution < 1.29 is 9.53 Å². The monoisotopic (exact) mass is 292 g/mol. The number of hydrogen-bond donors (Lipinski definition) is 1. The van der Waals surface area contributed by atoms with Gasteiger partial charge in [0.25, 0.3) is 0 Å². The van der Waals surface area contributed by atoms with Crippen LogP contribution in [0.3, 0.4) is 0 Å². The highest BCUT2D eigenvalue weighted by Gasteiger charge is 2.13. The van der Waals surface area contributed by atoms with Gasteiger partial charge in [-0.15, -0.1) is 0 Å². The van der Waals surface area contributed by atoms with E-state index in [1.54, 1.807) is 0 Å². The molecule has 1 aromatic rings. The van der Waals surface area contributed by atoms with Gasteiger partial charge in [-0.1, -0.05) is 25.1 Å². The van der Waals surface area contributed by atoms with Gasteiger partial charge >= 0.3 is 0 Å². The largest absolute Gasteiger partial charge is 0.491 e. The summed E-state index contributed by atoms with van der Waals surface area (Å²) in [4.78, 5) is 14.0. The van der Waals surface area contributed by atoms with Crippen molar-refractivity contribution in [3.8, 4) is 5.75 Å². The molecule has 1 amide bonds. The van der Waals surface area contributed by atoms with E-state index in [2.05, 4.69) is 23.2 Å². The van der Waals surface area contributed by atoms with Crippen LogP contribution in [0, 0.1) is 0 Å². The molecule has 0 heterocycles. The number of nitrogens with one attached hydrogen (secondary N) is 1. The zero-order chi connectivity index (χ0) is 15.8. The van der Waals surface area contributed by atoms with Crippen molar-refractivity contribution >= 4 is 5.91 Å². The van der Waals surface area contributed by atoms with Crippen molar-refractivity contribution in [1.82, 2.24) is 10.2 Å². The van der Waals surface area contributed by atoms with Crippen LogP contribution in [-0.2, 0) is 11.3 Å². The predicted molar refractivity (Wildman–Crippen MR) is 86.4 cm³/mol. The second-order valence-electron chi connectivity index (χ2n) is 5.80. The quantitative estimate of drug-likeness (QED) is 0.801. The molecule has 0 saturated carbocycles. The van der Waals surface area contributed by atoms with Crippen LogP contribution in [0.15, 0.2) is 24.3 Å². The van der Waals surface area contributed by atoms with E-state index in [1.165, 1.54) is 0 Å². The summed E-state index contributed by atoms with van der Waals surface area (Å²) in [5.74, 6) is 0.962. The first-order chi connectivity index (χ1) is 9.92. The van der Waals surface area contributed by atoms with Gasteiger partial charge in [-0.25, -0.2) is 0 Å². The molecule has 0 saturated heterocycles. The topological polar surface area (TPSA) is 41.6 Å². The number of benzene rings is 1. The van der Waals surface area contributed by atoms with Crippen molar-refractivity contribution in [1.29, 1.82) is 0 Å². The fourth-order valence-corrected chi connectivity index (χ4v) is 2.09. The molecule has 0 atom stereocenters. The Kier molecular flexibility index (Phi) is 7.23. The van der Waals surface area contributed by atoms with Crippen molar-refractivity contribution in [2.75, 3.05) is 13.1 Å². The Morgan fingerprint density at radius 1 is 1.24 bits per heavy atom. The molecule has 4 nitrogen and oxygen atoms in total. The summed E-state index contributed by atoms with van der Waals surface area (Å²) in [5.41, 5.74) is 1.12. The van der Waals surface area contributed by atoms with Crippen LogP contribution < -0.4 is 10.1 Å². The van der Waals surface area contributed by atoms with E-state index < -0.39 is 0 Å². The van der Waals surface area contributed by atoms with Crippen molar-refractivity contribution in [3.05, 3.63) is 29.8 Å². The van der Waals surface area contributed by atoms with Gasteiger partial charge in [0.1, 0.15) is 5.75 Å². The maximum absolute atomic E-state index is 11.9. The fourth-order valence-electron chi connectivity index (χ4n) is 2.09. The predicted octanol–water partition coefficient (Wildman–Crippen LogP) is 2.82. The molecule has 0 aliphatic heterocycles. The van der Waals surface area contributed by atoms with Crippen molar-refractivity contribution in [2.24, 2.45) is 0 Å². The third-order valence-corrected chi connectivity index (χ3v) is 2.99. The zero-order valence-electron chi connectivity index (χ0n) is 13.8. The number of nitrogens with zero attached hydrogens (tertiary/aromatic N) is 1. The lowest BCUT2D eigenvalue weighted by Gasteiger charge is -2.22. The highest BCUT2D eigenvalue weighted by atomic mass is 16.5. The number of para-hydroxylation sites is 1. The molecule has 118 valence electrons. The molecule has 1 rings (SSSR count). The maximum Gasteiger partial charge on any atom is 0.234 e. The summed E-state index contributed by atoms with van der Waals surface area (Å²) in [7, 11) is 0. The molecule has 1 N–H and O–H groups in total. The molecule has 0 aliphatic rings. The summed E-state index contributed by atoms with van der Waals surface area (Å²) >= 11 is 0. The highest BCUT2D eigenvalue weighted by molar-refractivity contribution is 5.78. The second-order valence-corrected chi connectivity index (χ2v) is 5.80. The van der Waals surface area contributed by atoms with Crippen LogP contribution in [0.5, 0.6) is 5.75 Å². The zero-order valence-corrected chi connectivity index (χ0v) is 13.8. The van der Waals surface area contributed by atoms with E-state index in [0.717, 1.165) is 17.9 Å². The number of ether oxygens (including phenoxy) is 1. The van der Waals surface area contributed by atoms with Gasteiger partial charge in [0.15, 0.2) is 0 Å². The standard InChI is InChI=1S/C17H28N2O2/c1-6-19(12-17(20)18-13(2)3)11-15-9-7-8-10-16(15)21-14(4)5/h7-10,13-14H,6,11-12H2,1-5H3,(H,18,20). The Bertz CT molecular complexity index is 444. The van der Waals surface area contributed by atoms with Crippen molar-refractivity contribution in [2.45, 2.75) is 53.3 Å². The molecule has 21 heavy (non-hydrogen) atoms. The minimum Gasteiger partial charge on any atom is -0.491 e. The Morgan fingerprint density at radius 2 is 1.90 bits per heavy atom. The lowest BCUT2D eigenvalue weighted by Crippen LogP contribution is -2.39. The minimum absolute atomic E-state index is 0.0640. The first-order valence-electron chi connectivity index (χ1n) is 7.68. The summed E-state index contributed by atoms with van der Waals surface area (Å²) < 4.78 is 5.83. The molecule has 0 unspecified atom stereocenters. The molecule has 0 fully saturated rings. The minimum atomic E-state index is 0.0640. The van der Waals surface area contributed by atoms with Crippen LogP contribution in [-0.4, -0.2) is 36.0 Å². The molecule has 0 spiro atoms. The summed E-state index contributed by atoms with van der Waals surface area (Å²) in [5, 5.41) is 2.93. The van der Waals surface area contributed by atoms with Gasteiger partial charge in [0, 0.05) is 18.2 Å². The summed E-state index contributed by atoms with van der Waals surface area (Å²) in [6.45, 7) is 12.0. The Balaban J connectivity index is 2.70. The lowest BCUT2D eigenvalue weighted by molar-refractivity contribution is -0.122. The number of amides is 1. The number of rotatable bonds is 8. The first kappa shape index (κ1) is 17.5. The molecule has 0 aliphatic carbocycles. The molecule has 4 heteroatoms. The Hall–Kier alpha value is -1.55. The first-order valence-corrected chi connectivity index (χ1v) is 7.68. The van der Waals surface area contributed by atoms with E-state index in [9.17, 15) is 4.79 Å². The van der Waals surface area contributed by atoms with Gasteiger partial charge in [0.05, 0.1) is 12.6 Å². The average Bonchev–Trinajstić information content (AvgIpc) is 2.38. The fraction of sp³-hybridized carbons (Fsp3) is 0.588. The third-order valence-electron chi connectivity index (χ3n) is 2.99. The van der Waals surface area contributed by atoms with Gasteiger partial charge in [0.2, 0.25) is 5.91 Å². The maximum atomic E-state index is 11.9. The van der Waals surface area contributed by atoms with Crippen LogP contribution in [0.2, 0.25) is 0 Å². The van der Waals surface area contributed by atoms with Crippen LogP contribution in [0.4, 0.5) is 0 Å². The van der Waals surface area contributed by atoms with Gasteiger partial charge in [-0.3, -0.25) is 9.69 Å². The highest BCUT2D eigenvalue weighted by Crippen LogP contribution is 2.21. The Morgan fingerprint density at radius 3 is 2.48 bits per heavy atom. The molecule has 0 bridgehead atoms. The Labute approximate surface area is 128 Å². The summed E-state index contributed by atoms with van der Waals surface area (Å²) in [6, 6.07) is 8.19.